The summed E-state index contributed by atoms with van der Waals surface area (Å²) < 4.78 is 25.7. The monoisotopic (exact) mass is 280 g/mol. The van der Waals surface area contributed by atoms with E-state index in [0.29, 0.717) is 5.56 Å². The van der Waals surface area contributed by atoms with E-state index in [1.807, 2.05) is 0 Å². The Hall–Kier alpha value is -1.34. The first-order valence-electron chi connectivity index (χ1n) is 4.24. The minimum Gasteiger partial charge on any atom is -0.378 e. The van der Waals surface area contributed by atoms with Gasteiger partial charge in [0.2, 0.25) is 5.96 Å². The molecule has 0 aliphatic carbocycles. The first-order valence-corrected chi connectivity index (χ1v) is 5.22. The number of rotatable bonds is 2. The van der Waals surface area contributed by atoms with E-state index in [9.17, 15) is 8.78 Å². The van der Waals surface area contributed by atoms with Crippen LogP contribution in [0.25, 0.3) is 0 Å². The van der Waals surface area contributed by atoms with E-state index < -0.39 is 17.6 Å². The maximum absolute atomic E-state index is 13.2. The molecule has 0 unspecified atom stereocenters. The summed E-state index contributed by atoms with van der Waals surface area (Å²) in [4.78, 5) is 3.46. The molecule has 4 nitrogen and oxygen atoms in total. The molecule has 0 saturated heterocycles. The Bertz CT molecular complexity index is 439. The van der Waals surface area contributed by atoms with Crippen molar-refractivity contribution in [3.63, 3.8) is 0 Å². The number of aliphatic imine (C=N–C) groups is 1. The molecule has 8 heteroatoms. The predicted octanol–water partition coefficient (Wildman–Crippen LogP) is 1.83. The van der Waals surface area contributed by atoms with Gasteiger partial charge in [0.25, 0.3) is 0 Å². The molecule has 0 aliphatic rings. The second-order valence-corrected chi connectivity index (χ2v) is 3.86. The van der Waals surface area contributed by atoms with Crippen molar-refractivity contribution in [2.45, 2.75) is 5.75 Å². The number of amidine groups is 1. The lowest BCUT2D eigenvalue weighted by atomic mass is 10.2. The minimum atomic E-state index is -0.636. The smallest absolute Gasteiger partial charge is 0.214 e. The number of thioether (sulfide) groups is 1. The third-order valence-corrected chi connectivity index (χ3v) is 2.46. The van der Waals surface area contributed by atoms with Gasteiger partial charge in [-0.05, 0) is 11.6 Å². The SMILES string of the molecule is Cl.N=C(N)N=C(N)SCc1ccc(F)cc1F. The Morgan fingerprint density at radius 2 is 2.00 bits per heavy atom. The molecule has 0 atom stereocenters. The highest BCUT2D eigenvalue weighted by Gasteiger charge is 2.05. The van der Waals surface area contributed by atoms with Gasteiger partial charge in [0, 0.05) is 11.8 Å². The fourth-order valence-electron chi connectivity index (χ4n) is 0.941. The summed E-state index contributed by atoms with van der Waals surface area (Å²) in [6.07, 6.45) is 0. The van der Waals surface area contributed by atoms with Crippen LogP contribution in [-0.2, 0) is 5.75 Å². The van der Waals surface area contributed by atoms with Crippen LogP contribution >= 0.6 is 24.2 Å². The van der Waals surface area contributed by atoms with Crippen molar-refractivity contribution in [1.29, 1.82) is 5.41 Å². The van der Waals surface area contributed by atoms with Gasteiger partial charge >= 0.3 is 0 Å². The average Bonchev–Trinajstić information content (AvgIpc) is 2.15. The van der Waals surface area contributed by atoms with Gasteiger partial charge in [-0.1, -0.05) is 17.8 Å². The zero-order chi connectivity index (χ0) is 12.1. The molecule has 94 valence electrons. The molecule has 0 spiro atoms. The number of benzene rings is 1. The summed E-state index contributed by atoms with van der Waals surface area (Å²) in [6.45, 7) is 0. The Morgan fingerprint density at radius 3 is 2.53 bits per heavy atom. The van der Waals surface area contributed by atoms with Crippen molar-refractivity contribution >= 4 is 35.3 Å². The van der Waals surface area contributed by atoms with Crippen molar-refractivity contribution in [2.75, 3.05) is 0 Å². The van der Waals surface area contributed by atoms with E-state index in [1.54, 1.807) is 0 Å². The maximum atomic E-state index is 13.2. The lowest BCUT2D eigenvalue weighted by Crippen LogP contribution is -2.14. The lowest BCUT2D eigenvalue weighted by Gasteiger charge is -2.02. The van der Waals surface area contributed by atoms with Crippen molar-refractivity contribution in [2.24, 2.45) is 16.5 Å². The molecule has 17 heavy (non-hydrogen) atoms. The molecular formula is C9H11ClF2N4S. The molecule has 0 bridgehead atoms. The number of guanidine groups is 1. The van der Waals surface area contributed by atoms with Gasteiger partial charge < -0.3 is 11.5 Å². The highest BCUT2D eigenvalue weighted by molar-refractivity contribution is 8.13. The Labute approximate surface area is 107 Å². The first-order chi connectivity index (χ1) is 7.49. The lowest BCUT2D eigenvalue weighted by molar-refractivity contribution is 0.577. The molecule has 0 radical (unpaired) electrons. The van der Waals surface area contributed by atoms with E-state index in [2.05, 4.69) is 4.99 Å². The van der Waals surface area contributed by atoms with Crippen LogP contribution in [0.2, 0.25) is 0 Å². The van der Waals surface area contributed by atoms with Gasteiger partial charge in [-0.15, -0.1) is 12.4 Å². The maximum Gasteiger partial charge on any atom is 0.214 e. The number of nitrogens with two attached hydrogens (primary N) is 2. The number of hydrogen-bond acceptors (Lipinski definition) is 2. The fraction of sp³-hybridized carbons (Fsp3) is 0.111. The summed E-state index contributed by atoms with van der Waals surface area (Å²) in [7, 11) is 0. The molecule has 0 saturated carbocycles. The Morgan fingerprint density at radius 1 is 1.35 bits per heavy atom. The third kappa shape index (κ3) is 5.50. The largest absolute Gasteiger partial charge is 0.378 e. The molecule has 0 amide bonds. The molecule has 1 rings (SSSR count). The van der Waals surface area contributed by atoms with Crippen molar-refractivity contribution in [1.82, 2.24) is 0 Å². The first kappa shape index (κ1) is 15.7. The normalized spacial score (nSPS) is 10.8. The predicted molar refractivity (Wildman–Crippen MR) is 68.4 cm³/mol. The van der Waals surface area contributed by atoms with Gasteiger partial charge in [0.1, 0.15) is 11.6 Å². The average molecular weight is 281 g/mol. The second-order valence-electron chi connectivity index (χ2n) is 2.86. The zero-order valence-corrected chi connectivity index (χ0v) is 10.2. The molecule has 1 aromatic carbocycles. The number of hydrogen-bond donors (Lipinski definition) is 3. The number of nitrogens with one attached hydrogen (secondary N) is 1. The number of nitrogens with zero attached hydrogens (tertiary/aromatic N) is 1. The van der Waals surface area contributed by atoms with Crippen LogP contribution in [0.15, 0.2) is 23.2 Å². The van der Waals surface area contributed by atoms with Crippen LogP contribution in [0.4, 0.5) is 8.78 Å². The highest BCUT2D eigenvalue weighted by atomic mass is 35.5. The van der Waals surface area contributed by atoms with Gasteiger partial charge in [-0.25, -0.2) is 8.78 Å². The third-order valence-electron chi connectivity index (χ3n) is 1.62. The summed E-state index contributed by atoms with van der Waals surface area (Å²) in [5, 5.41) is 6.92. The quantitative estimate of drug-likeness (QED) is 0.570. The van der Waals surface area contributed by atoms with Gasteiger partial charge in [0.15, 0.2) is 5.17 Å². The molecule has 1 aromatic rings. The molecular weight excluding hydrogens is 270 g/mol. The minimum absolute atomic E-state index is 0. The van der Waals surface area contributed by atoms with Crippen molar-refractivity contribution in [3.05, 3.63) is 35.4 Å². The van der Waals surface area contributed by atoms with Crippen LogP contribution in [0, 0.1) is 17.0 Å². The fourth-order valence-corrected chi connectivity index (χ4v) is 1.64. The van der Waals surface area contributed by atoms with Crippen molar-refractivity contribution in [3.8, 4) is 0 Å². The van der Waals surface area contributed by atoms with Crippen LogP contribution in [0.1, 0.15) is 5.56 Å². The molecule has 0 heterocycles. The zero-order valence-electron chi connectivity index (χ0n) is 8.61. The highest BCUT2D eigenvalue weighted by Crippen LogP contribution is 2.16. The van der Waals surface area contributed by atoms with E-state index in [1.165, 1.54) is 6.07 Å². The van der Waals surface area contributed by atoms with E-state index in [4.69, 9.17) is 16.9 Å². The van der Waals surface area contributed by atoms with E-state index >= 15 is 0 Å². The van der Waals surface area contributed by atoms with Gasteiger partial charge in [-0.2, -0.15) is 4.99 Å². The van der Waals surface area contributed by atoms with E-state index in [0.717, 1.165) is 23.9 Å². The van der Waals surface area contributed by atoms with E-state index in [-0.39, 0.29) is 23.3 Å². The summed E-state index contributed by atoms with van der Waals surface area (Å²) >= 11 is 1.02. The van der Waals surface area contributed by atoms with Crippen LogP contribution in [0.3, 0.4) is 0 Å². The summed E-state index contributed by atoms with van der Waals surface area (Å²) in [5.41, 5.74) is 10.7. The van der Waals surface area contributed by atoms with Crippen molar-refractivity contribution < 1.29 is 8.78 Å². The van der Waals surface area contributed by atoms with Crippen LogP contribution < -0.4 is 11.5 Å². The number of halogens is 3. The summed E-state index contributed by atoms with van der Waals surface area (Å²) in [6, 6.07) is 3.30. The Kier molecular flexibility index (Phi) is 6.52. The van der Waals surface area contributed by atoms with Crippen LogP contribution in [-0.4, -0.2) is 11.1 Å². The molecule has 0 aliphatic heterocycles. The molecule has 0 fully saturated rings. The Balaban J connectivity index is 0.00000256. The van der Waals surface area contributed by atoms with Gasteiger partial charge in [-0.3, -0.25) is 5.41 Å². The van der Waals surface area contributed by atoms with Crippen LogP contribution in [0.5, 0.6) is 0 Å². The van der Waals surface area contributed by atoms with Gasteiger partial charge in [0.05, 0.1) is 0 Å². The summed E-state index contributed by atoms with van der Waals surface area (Å²) in [5.74, 6) is -1.47. The topological polar surface area (TPSA) is 88.2 Å². The molecule has 5 N–H and O–H groups in total. The molecule has 0 aromatic heterocycles. The standard InChI is InChI=1S/C9H10F2N4S.ClH/c10-6-2-1-5(7(11)3-6)4-16-9(14)15-8(12)13;/h1-3H,4H2,(H5,12,13,14,15);1H. The second kappa shape index (κ2) is 7.08.